The Bertz CT molecular complexity index is 744. The number of benzene rings is 2. The van der Waals surface area contributed by atoms with E-state index < -0.39 is 0 Å². The lowest BCUT2D eigenvalue weighted by Gasteiger charge is -2.28. The highest BCUT2D eigenvalue weighted by Crippen LogP contribution is 2.31. The average molecular weight is 307 g/mol. The molecular formula is C21H25NO. The Labute approximate surface area is 139 Å². The second-order valence-corrected chi connectivity index (χ2v) is 6.94. The number of rotatable bonds is 4. The quantitative estimate of drug-likeness (QED) is 0.878. The SMILES string of the molecule is Cc1ccc(CNCc2ccc3c(c2)C=CC(C)(C)O3)c(C)c1. The average Bonchev–Trinajstić information content (AvgIpc) is 2.49. The van der Waals surface area contributed by atoms with Crippen molar-refractivity contribution < 1.29 is 4.74 Å². The Hall–Kier alpha value is -2.06. The number of aryl methyl sites for hydroxylation is 2. The molecule has 3 rings (SSSR count). The van der Waals surface area contributed by atoms with Crippen molar-refractivity contribution in [2.24, 2.45) is 0 Å². The topological polar surface area (TPSA) is 21.3 Å². The van der Waals surface area contributed by atoms with Crippen molar-refractivity contribution in [3.8, 4) is 5.75 Å². The molecule has 0 aliphatic carbocycles. The lowest BCUT2D eigenvalue weighted by molar-refractivity contribution is 0.159. The van der Waals surface area contributed by atoms with Gasteiger partial charge in [-0.05, 0) is 62.6 Å². The summed E-state index contributed by atoms with van der Waals surface area (Å²) >= 11 is 0. The van der Waals surface area contributed by atoms with Crippen LogP contribution in [0.25, 0.3) is 6.08 Å². The first-order chi connectivity index (χ1) is 10.9. The van der Waals surface area contributed by atoms with Gasteiger partial charge in [-0.3, -0.25) is 0 Å². The summed E-state index contributed by atoms with van der Waals surface area (Å²) in [5, 5.41) is 3.54. The van der Waals surface area contributed by atoms with Crippen LogP contribution < -0.4 is 10.1 Å². The van der Waals surface area contributed by atoms with E-state index >= 15 is 0 Å². The van der Waals surface area contributed by atoms with Gasteiger partial charge in [0.1, 0.15) is 11.4 Å². The summed E-state index contributed by atoms with van der Waals surface area (Å²) < 4.78 is 5.97. The van der Waals surface area contributed by atoms with Crippen LogP contribution in [0.4, 0.5) is 0 Å². The van der Waals surface area contributed by atoms with Crippen LogP contribution in [0.3, 0.4) is 0 Å². The zero-order valence-electron chi connectivity index (χ0n) is 14.4. The molecule has 0 radical (unpaired) electrons. The Kier molecular flexibility index (Phi) is 4.27. The van der Waals surface area contributed by atoms with E-state index in [1.807, 2.05) is 0 Å². The van der Waals surface area contributed by atoms with Crippen molar-refractivity contribution in [1.29, 1.82) is 0 Å². The molecule has 0 saturated heterocycles. The first-order valence-corrected chi connectivity index (χ1v) is 8.21. The van der Waals surface area contributed by atoms with Gasteiger partial charge in [-0.1, -0.05) is 35.9 Å². The van der Waals surface area contributed by atoms with Crippen LogP contribution in [0, 0.1) is 13.8 Å². The molecule has 1 N–H and O–H groups in total. The molecule has 1 heterocycles. The van der Waals surface area contributed by atoms with Gasteiger partial charge in [-0.2, -0.15) is 0 Å². The number of hydrogen-bond donors (Lipinski definition) is 1. The summed E-state index contributed by atoms with van der Waals surface area (Å²) in [4.78, 5) is 0. The van der Waals surface area contributed by atoms with Crippen LogP contribution in [0.5, 0.6) is 5.75 Å². The monoisotopic (exact) mass is 307 g/mol. The van der Waals surface area contributed by atoms with E-state index in [1.165, 1.54) is 22.3 Å². The highest BCUT2D eigenvalue weighted by molar-refractivity contribution is 5.61. The number of fused-ring (bicyclic) bond motifs is 1. The van der Waals surface area contributed by atoms with Gasteiger partial charge in [0.25, 0.3) is 0 Å². The van der Waals surface area contributed by atoms with E-state index in [1.54, 1.807) is 0 Å². The van der Waals surface area contributed by atoms with E-state index in [4.69, 9.17) is 4.74 Å². The minimum atomic E-state index is -0.213. The summed E-state index contributed by atoms with van der Waals surface area (Å²) in [5.74, 6) is 0.968. The molecule has 0 aromatic heterocycles. The minimum absolute atomic E-state index is 0.213. The molecular weight excluding hydrogens is 282 g/mol. The molecule has 0 spiro atoms. The van der Waals surface area contributed by atoms with Gasteiger partial charge in [0.05, 0.1) is 0 Å². The maximum Gasteiger partial charge on any atom is 0.127 e. The van der Waals surface area contributed by atoms with Crippen LogP contribution in [-0.4, -0.2) is 5.60 Å². The molecule has 0 atom stereocenters. The van der Waals surface area contributed by atoms with Gasteiger partial charge >= 0.3 is 0 Å². The van der Waals surface area contributed by atoms with Crippen molar-refractivity contribution >= 4 is 6.08 Å². The Balaban J connectivity index is 1.63. The summed E-state index contributed by atoms with van der Waals surface area (Å²) in [5.41, 5.74) is 6.25. The van der Waals surface area contributed by atoms with Gasteiger partial charge in [0, 0.05) is 18.7 Å². The van der Waals surface area contributed by atoms with E-state index in [0.717, 1.165) is 24.4 Å². The van der Waals surface area contributed by atoms with Gasteiger partial charge in [0.2, 0.25) is 0 Å². The number of hydrogen-bond acceptors (Lipinski definition) is 2. The highest BCUT2D eigenvalue weighted by Gasteiger charge is 2.21. The molecule has 2 nitrogen and oxygen atoms in total. The summed E-state index contributed by atoms with van der Waals surface area (Å²) in [6, 6.07) is 13.0. The summed E-state index contributed by atoms with van der Waals surface area (Å²) in [6.45, 7) is 10.2. The zero-order chi connectivity index (χ0) is 16.4. The standard InChI is InChI=1S/C21H25NO/c1-15-5-7-19(16(2)11-15)14-22-13-17-6-8-20-18(12-17)9-10-21(3,4)23-20/h5-12,22H,13-14H2,1-4H3. The summed E-state index contributed by atoms with van der Waals surface area (Å²) in [7, 11) is 0. The van der Waals surface area contributed by atoms with Crippen LogP contribution in [0.15, 0.2) is 42.5 Å². The molecule has 23 heavy (non-hydrogen) atoms. The van der Waals surface area contributed by atoms with Crippen molar-refractivity contribution in [2.75, 3.05) is 0 Å². The Morgan fingerprint density at radius 1 is 1.00 bits per heavy atom. The molecule has 2 aromatic carbocycles. The van der Waals surface area contributed by atoms with Crippen LogP contribution in [0.2, 0.25) is 0 Å². The fraction of sp³-hybridized carbons (Fsp3) is 0.333. The first kappa shape index (κ1) is 15.8. The molecule has 2 heteroatoms. The lowest BCUT2D eigenvalue weighted by Crippen LogP contribution is -2.27. The molecule has 0 saturated carbocycles. The van der Waals surface area contributed by atoms with Gasteiger partial charge < -0.3 is 10.1 Å². The Morgan fingerprint density at radius 2 is 1.83 bits per heavy atom. The minimum Gasteiger partial charge on any atom is -0.483 e. The molecule has 0 amide bonds. The predicted molar refractivity (Wildman–Crippen MR) is 96.6 cm³/mol. The highest BCUT2D eigenvalue weighted by atomic mass is 16.5. The zero-order valence-corrected chi connectivity index (χ0v) is 14.4. The Morgan fingerprint density at radius 3 is 2.61 bits per heavy atom. The predicted octanol–water partition coefficient (Wildman–Crippen LogP) is 4.78. The van der Waals surface area contributed by atoms with Crippen molar-refractivity contribution in [3.05, 3.63) is 70.3 Å². The van der Waals surface area contributed by atoms with Crippen LogP contribution in [0.1, 0.15) is 41.7 Å². The van der Waals surface area contributed by atoms with E-state index in [-0.39, 0.29) is 5.60 Å². The smallest absolute Gasteiger partial charge is 0.127 e. The van der Waals surface area contributed by atoms with Crippen LogP contribution >= 0.6 is 0 Å². The summed E-state index contributed by atoms with van der Waals surface area (Å²) in [6.07, 6.45) is 4.27. The molecule has 120 valence electrons. The van der Waals surface area contributed by atoms with Gasteiger partial charge in [-0.25, -0.2) is 0 Å². The maximum absolute atomic E-state index is 5.97. The van der Waals surface area contributed by atoms with Gasteiger partial charge in [-0.15, -0.1) is 0 Å². The molecule has 1 aliphatic rings. The third-order valence-electron chi connectivity index (χ3n) is 4.25. The molecule has 1 aliphatic heterocycles. The fourth-order valence-corrected chi connectivity index (χ4v) is 2.92. The number of nitrogens with one attached hydrogen (secondary N) is 1. The second kappa shape index (κ2) is 6.21. The van der Waals surface area contributed by atoms with Crippen molar-refractivity contribution in [1.82, 2.24) is 5.32 Å². The third kappa shape index (κ3) is 3.83. The molecule has 0 unspecified atom stereocenters. The normalized spacial score (nSPS) is 15.1. The van der Waals surface area contributed by atoms with Crippen LogP contribution in [-0.2, 0) is 13.1 Å². The molecule has 0 bridgehead atoms. The van der Waals surface area contributed by atoms with E-state index in [0.29, 0.717) is 0 Å². The van der Waals surface area contributed by atoms with E-state index in [9.17, 15) is 0 Å². The van der Waals surface area contributed by atoms with E-state index in [2.05, 4.69) is 81.6 Å². The maximum atomic E-state index is 5.97. The largest absolute Gasteiger partial charge is 0.483 e. The number of ether oxygens (including phenoxy) is 1. The fourth-order valence-electron chi connectivity index (χ4n) is 2.92. The second-order valence-electron chi connectivity index (χ2n) is 6.94. The van der Waals surface area contributed by atoms with Crippen molar-refractivity contribution in [2.45, 2.75) is 46.4 Å². The molecule has 2 aromatic rings. The van der Waals surface area contributed by atoms with Crippen molar-refractivity contribution in [3.63, 3.8) is 0 Å². The third-order valence-corrected chi connectivity index (χ3v) is 4.25. The first-order valence-electron chi connectivity index (χ1n) is 8.21. The molecule has 0 fully saturated rings. The lowest BCUT2D eigenvalue weighted by atomic mass is 10.0. The van der Waals surface area contributed by atoms with Gasteiger partial charge in [0.15, 0.2) is 0 Å².